The summed E-state index contributed by atoms with van der Waals surface area (Å²) in [5, 5.41) is 4.69. The Morgan fingerprint density at radius 3 is 2.30 bits per heavy atom. The summed E-state index contributed by atoms with van der Waals surface area (Å²) >= 11 is 0. The molecular weight excluding hydrogens is 443 g/mol. The number of imide groups is 1. The zero-order valence-electron chi connectivity index (χ0n) is 17.7. The molecule has 1 aliphatic heterocycles. The van der Waals surface area contributed by atoms with Crippen molar-refractivity contribution in [1.82, 2.24) is 4.90 Å². The molecule has 0 aromatic heterocycles. The Morgan fingerprint density at radius 1 is 0.970 bits per heavy atom. The molecule has 0 aliphatic carbocycles. The fourth-order valence-electron chi connectivity index (χ4n) is 3.32. The first-order valence-electron chi connectivity index (χ1n) is 9.82. The van der Waals surface area contributed by atoms with Gasteiger partial charge in [0.05, 0.1) is 28.1 Å². The van der Waals surface area contributed by atoms with Crippen molar-refractivity contribution in [3.63, 3.8) is 0 Å². The molecule has 0 saturated heterocycles. The third kappa shape index (κ3) is 5.20. The van der Waals surface area contributed by atoms with E-state index in [2.05, 4.69) is 10.6 Å². The zero-order valence-corrected chi connectivity index (χ0v) is 17.7. The van der Waals surface area contributed by atoms with Gasteiger partial charge in [-0.25, -0.2) is 0 Å². The van der Waals surface area contributed by atoms with Crippen LogP contribution in [0.3, 0.4) is 0 Å². The van der Waals surface area contributed by atoms with Gasteiger partial charge < -0.3 is 15.4 Å². The van der Waals surface area contributed by atoms with Crippen molar-refractivity contribution in [3.05, 3.63) is 58.7 Å². The summed E-state index contributed by atoms with van der Waals surface area (Å²) in [4.78, 5) is 50.3. The number of methoxy groups -OCH3 is 1. The summed E-state index contributed by atoms with van der Waals surface area (Å²) in [7, 11) is 1.50. The van der Waals surface area contributed by atoms with Gasteiger partial charge in [-0.05, 0) is 42.8 Å². The molecule has 0 saturated carbocycles. The minimum absolute atomic E-state index is 0.0243. The van der Waals surface area contributed by atoms with Crippen molar-refractivity contribution in [2.45, 2.75) is 19.5 Å². The molecule has 0 atom stereocenters. The Bertz CT molecular complexity index is 1130. The van der Waals surface area contributed by atoms with Crippen LogP contribution in [0.1, 0.15) is 50.0 Å². The number of hydrogen-bond acceptors (Lipinski definition) is 5. The van der Waals surface area contributed by atoms with Gasteiger partial charge >= 0.3 is 6.18 Å². The first-order chi connectivity index (χ1) is 15.5. The molecular formula is C22H20F3N3O5. The number of carbonyl (C=O) groups is 4. The van der Waals surface area contributed by atoms with Crippen LogP contribution in [0, 0.1) is 0 Å². The summed E-state index contributed by atoms with van der Waals surface area (Å²) in [6.07, 6.45) is -4.22. The molecule has 1 aliphatic rings. The smallest absolute Gasteiger partial charge is 0.385 e. The first-order valence-corrected chi connectivity index (χ1v) is 9.82. The highest BCUT2D eigenvalue weighted by Crippen LogP contribution is 2.34. The van der Waals surface area contributed by atoms with E-state index in [9.17, 15) is 32.3 Å². The number of benzene rings is 2. The van der Waals surface area contributed by atoms with E-state index < -0.39 is 35.4 Å². The number of fused-ring (bicyclic) bond motifs is 1. The topological polar surface area (TPSA) is 105 Å². The lowest BCUT2D eigenvalue weighted by Gasteiger charge is -2.15. The number of carbonyl (C=O) groups excluding carboxylic acids is 4. The molecule has 11 heteroatoms. The molecule has 0 fully saturated rings. The van der Waals surface area contributed by atoms with Crippen LogP contribution in [-0.4, -0.2) is 48.8 Å². The molecule has 4 amide bonds. The van der Waals surface area contributed by atoms with E-state index in [0.29, 0.717) is 19.1 Å². The van der Waals surface area contributed by atoms with Crippen molar-refractivity contribution in [2.75, 3.05) is 30.9 Å². The van der Waals surface area contributed by atoms with Crippen LogP contribution in [0.25, 0.3) is 0 Å². The average Bonchev–Trinajstić information content (AvgIpc) is 2.98. The van der Waals surface area contributed by atoms with E-state index in [1.54, 1.807) is 0 Å². The van der Waals surface area contributed by atoms with Gasteiger partial charge in [0, 0.05) is 32.7 Å². The van der Waals surface area contributed by atoms with E-state index in [1.807, 2.05) is 0 Å². The average molecular weight is 463 g/mol. The number of nitrogens with zero attached hydrogens (tertiary/aromatic N) is 1. The lowest BCUT2D eigenvalue weighted by atomic mass is 10.0. The minimum Gasteiger partial charge on any atom is -0.385 e. The monoisotopic (exact) mass is 463 g/mol. The zero-order chi connectivity index (χ0) is 24.3. The van der Waals surface area contributed by atoms with Crippen molar-refractivity contribution >= 4 is 35.0 Å². The maximum atomic E-state index is 13.1. The summed E-state index contributed by atoms with van der Waals surface area (Å²) in [6.45, 7) is 1.67. The Morgan fingerprint density at radius 2 is 1.67 bits per heavy atom. The summed E-state index contributed by atoms with van der Waals surface area (Å²) < 4.78 is 44.3. The van der Waals surface area contributed by atoms with Gasteiger partial charge in [0.25, 0.3) is 17.7 Å². The van der Waals surface area contributed by atoms with Gasteiger partial charge in [-0.3, -0.25) is 24.1 Å². The van der Waals surface area contributed by atoms with Gasteiger partial charge in [0.2, 0.25) is 5.91 Å². The fourth-order valence-corrected chi connectivity index (χ4v) is 3.32. The number of hydrogen-bond donors (Lipinski definition) is 2. The molecule has 8 nitrogen and oxygen atoms in total. The number of nitrogens with one attached hydrogen (secondary N) is 2. The van der Waals surface area contributed by atoms with E-state index in [1.165, 1.54) is 32.2 Å². The quantitative estimate of drug-likeness (QED) is 0.483. The predicted octanol–water partition coefficient (Wildman–Crippen LogP) is 3.55. The van der Waals surface area contributed by atoms with Crippen LogP contribution in [0.5, 0.6) is 0 Å². The summed E-state index contributed by atoms with van der Waals surface area (Å²) in [5.41, 5.74) is -1.20. The lowest BCUT2D eigenvalue weighted by Crippen LogP contribution is -2.31. The third-order valence-corrected chi connectivity index (χ3v) is 4.87. The van der Waals surface area contributed by atoms with E-state index in [4.69, 9.17) is 4.74 Å². The van der Waals surface area contributed by atoms with Crippen LogP contribution < -0.4 is 10.6 Å². The molecule has 3 rings (SSSR count). The SMILES string of the molecule is COCCCN1C(=O)c2ccc(C(=O)Nc3cc(C(F)(F)F)ccc3NC(C)=O)cc2C1=O. The van der Waals surface area contributed by atoms with E-state index >= 15 is 0 Å². The second kappa shape index (κ2) is 9.41. The normalized spacial score (nSPS) is 13.2. The lowest BCUT2D eigenvalue weighted by molar-refractivity contribution is -0.137. The molecule has 2 aromatic carbocycles. The molecule has 1 heterocycles. The molecule has 0 bridgehead atoms. The second-order valence-electron chi connectivity index (χ2n) is 7.26. The molecule has 33 heavy (non-hydrogen) atoms. The minimum atomic E-state index is -4.67. The second-order valence-corrected chi connectivity index (χ2v) is 7.26. The number of ether oxygens (including phenoxy) is 1. The highest BCUT2D eigenvalue weighted by Gasteiger charge is 2.36. The largest absolute Gasteiger partial charge is 0.416 e. The molecule has 2 aromatic rings. The third-order valence-electron chi connectivity index (χ3n) is 4.87. The number of anilines is 2. The van der Waals surface area contributed by atoms with Crippen LogP contribution >= 0.6 is 0 Å². The van der Waals surface area contributed by atoms with Gasteiger partial charge in [-0.1, -0.05) is 0 Å². The number of rotatable bonds is 7. The number of halogens is 3. The van der Waals surface area contributed by atoms with Crippen LogP contribution in [-0.2, 0) is 15.7 Å². The van der Waals surface area contributed by atoms with Gasteiger partial charge in [0.15, 0.2) is 0 Å². The summed E-state index contributed by atoms with van der Waals surface area (Å²) in [5.74, 6) is -2.43. The maximum absolute atomic E-state index is 13.1. The molecule has 2 N–H and O–H groups in total. The molecule has 0 unspecified atom stereocenters. The summed E-state index contributed by atoms with van der Waals surface area (Å²) in [6, 6.07) is 6.34. The van der Waals surface area contributed by atoms with Gasteiger partial charge in [-0.15, -0.1) is 0 Å². The van der Waals surface area contributed by atoms with Gasteiger partial charge in [-0.2, -0.15) is 13.2 Å². The van der Waals surface area contributed by atoms with Crippen molar-refractivity contribution in [1.29, 1.82) is 0 Å². The first kappa shape index (κ1) is 23.9. The number of amides is 4. The highest BCUT2D eigenvalue weighted by atomic mass is 19.4. The Kier molecular flexibility index (Phi) is 6.82. The van der Waals surface area contributed by atoms with Crippen LogP contribution in [0.4, 0.5) is 24.5 Å². The predicted molar refractivity (Wildman–Crippen MR) is 112 cm³/mol. The van der Waals surface area contributed by atoms with E-state index in [0.717, 1.165) is 17.0 Å². The van der Waals surface area contributed by atoms with Gasteiger partial charge in [0.1, 0.15) is 0 Å². The highest BCUT2D eigenvalue weighted by molar-refractivity contribution is 6.22. The number of alkyl halides is 3. The standard InChI is InChI=1S/C22H20F3N3O5/c1-12(29)26-17-7-5-14(22(23,24)25)11-18(17)27-19(30)13-4-6-15-16(10-13)21(32)28(20(15)31)8-3-9-33-2/h4-7,10-11H,3,8-9H2,1-2H3,(H,26,29)(H,27,30). The van der Waals surface area contributed by atoms with Crippen molar-refractivity contribution in [2.24, 2.45) is 0 Å². The molecule has 174 valence electrons. The molecule has 0 spiro atoms. The van der Waals surface area contributed by atoms with E-state index in [-0.39, 0.29) is 34.6 Å². The maximum Gasteiger partial charge on any atom is 0.416 e. The van der Waals surface area contributed by atoms with Crippen molar-refractivity contribution < 1.29 is 37.1 Å². The Balaban J connectivity index is 1.87. The van der Waals surface area contributed by atoms with Crippen molar-refractivity contribution in [3.8, 4) is 0 Å². The Labute approximate surface area is 186 Å². The Hall–Kier alpha value is -3.73. The van der Waals surface area contributed by atoms with Crippen LogP contribution in [0.15, 0.2) is 36.4 Å². The van der Waals surface area contributed by atoms with Crippen LogP contribution in [0.2, 0.25) is 0 Å². The fraction of sp³-hybridized carbons (Fsp3) is 0.273. The molecule has 0 radical (unpaired) electrons.